The molecule has 0 aliphatic rings. The van der Waals surface area contributed by atoms with E-state index in [2.05, 4.69) is 10.6 Å². The van der Waals surface area contributed by atoms with Crippen LogP contribution >= 0.6 is 0 Å². The lowest BCUT2D eigenvalue weighted by Gasteiger charge is -2.20. The first-order valence-corrected chi connectivity index (χ1v) is 4.50. The van der Waals surface area contributed by atoms with Crippen LogP contribution in [0.3, 0.4) is 0 Å². The van der Waals surface area contributed by atoms with E-state index in [1.807, 2.05) is 20.8 Å². The van der Waals surface area contributed by atoms with Crippen molar-refractivity contribution in [3.05, 3.63) is 0 Å². The first kappa shape index (κ1) is 12.2. The quantitative estimate of drug-likeness (QED) is 0.649. The molecule has 0 heterocycles. The van der Waals surface area contributed by atoms with Gasteiger partial charge >= 0.3 is 6.03 Å². The SMILES string of the molecule is COCCCNC(=O)NC(C)(C)C. The molecule has 0 rings (SSSR count). The van der Waals surface area contributed by atoms with Gasteiger partial charge in [0.25, 0.3) is 0 Å². The van der Waals surface area contributed by atoms with Crippen LogP contribution in [0.2, 0.25) is 0 Å². The zero-order chi connectivity index (χ0) is 10.3. The van der Waals surface area contributed by atoms with Crippen LogP contribution in [-0.2, 0) is 4.74 Å². The van der Waals surface area contributed by atoms with Gasteiger partial charge in [-0.2, -0.15) is 0 Å². The molecule has 0 bridgehead atoms. The second kappa shape index (κ2) is 5.80. The summed E-state index contributed by atoms with van der Waals surface area (Å²) >= 11 is 0. The number of rotatable bonds is 4. The molecule has 0 radical (unpaired) electrons. The summed E-state index contributed by atoms with van der Waals surface area (Å²) in [6.45, 7) is 7.16. The van der Waals surface area contributed by atoms with E-state index >= 15 is 0 Å². The summed E-state index contributed by atoms with van der Waals surface area (Å²) in [5, 5.41) is 5.55. The number of carbonyl (C=O) groups is 1. The Morgan fingerprint density at radius 1 is 1.38 bits per heavy atom. The maximum absolute atomic E-state index is 11.2. The lowest BCUT2D eigenvalue weighted by molar-refractivity contribution is 0.193. The van der Waals surface area contributed by atoms with Crippen molar-refractivity contribution in [2.75, 3.05) is 20.3 Å². The number of urea groups is 1. The molecule has 0 aromatic rings. The molecule has 4 heteroatoms. The molecule has 2 amide bonds. The van der Waals surface area contributed by atoms with E-state index in [1.165, 1.54) is 0 Å². The average molecular weight is 188 g/mol. The summed E-state index contributed by atoms with van der Waals surface area (Å²) in [7, 11) is 1.65. The Morgan fingerprint density at radius 3 is 2.46 bits per heavy atom. The molecule has 2 N–H and O–H groups in total. The van der Waals surface area contributed by atoms with Crippen molar-refractivity contribution in [3.8, 4) is 0 Å². The third kappa shape index (κ3) is 9.14. The minimum absolute atomic E-state index is 0.122. The fourth-order valence-corrected chi connectivity index (χ4v) is 0.803. The first-order valence-electron chi connectivity index (χ1n) is 4.50. The van der Waals surface area contributed by atoms with Crippen molar-refractivity contribution in [1.82, 2.24) is 10.6 Å². The van der Waals surface area contributed by atoms with Crippen molar-refractivity contribution in [3.63, 3.8) is 0 Å². The first-order chi connectivity index (χ1) is 5.95. The number of hydrogen-bond donors (Lipinski definition) is 2. The van der Waals surface area contributed by atoms with Crippen LogP contribution in [0.5, 0.6) is 0 Å². The van der Waals surface area contributed by atoms with Crippen molar-refractivity contribution in [1.29, 1.82) is 0 Å². The predicted molar refractivity (Wildman–Crippen MR) is 52.8 cm³/mol. The van der Waals surface area contributed by atoms with E-state index in [4.69, 9.17) is 4.74 Å². The number of ether oxygens (including phenoxy) is 1. The predicted octanol–water partition coefficient (Wildman–Crippen LogP) is 1.12. The fraction of sp³-hybridized carbons (Fsp3) is 0.889. The van der Waals surface area contributed by atoms with Gasteiger partial charge in [0.1, 0.15) is 0 Å². The molecule has 0 unspecified atom stereocenters. The van der Waals surface area contributed by atoms with Gasteiger partial charge in [0.2, 0.25) is 0 Å². The third-order valence-electron chi connectivity index (χ3n) is 1.30. The lowest BCUT2D eigenvalue weighted by Crippen LogP contribution is -2.46. The Kier molecular flexibility index (Phi) is 5.46. The van der Waals surface area contributed by atoms with E-state index in [0.717, 1.165) is 6.42 Å². The Bertz CT molecular complexity index is 152. The molecular weight excluding hydrogens is 168 g/mol. The molecule has 0 aromatic carbocycles. The van der Waals surface area contributed by atoms with E-state index in [0.29, 0.717) is 13.2 Å². The van der Waals surface area contributed by atoms with Crippen LogP contribution in [0.4, 0.5) is 4.79 Å². The van der Waals surface area contributed by atoms with Crippen LogP contribution in [0.1, 0.15) is 27.2 Å². The van der Waals surface area contributed by atoms with Crippen LogP contribution in [0.25, 0.3) is 0 Å². The molecule has 13 heavy (non-hydrogen) atoms. The van der Waals surface area contributed by atoms with Gasteiger partial charge in [0, 0.05) is 25.8 Å². The summed E-state index contributed by atoms with van der Waals surface area (Å²) in [6.07, 6.45) is 0.841. The van der Waals surface area contributed by atoms with E-state index in [9.17, 15) is 4.79 Å². The summed E-state index contributed by atoms with van der Waals surface area (Å²) in [6, 6.07) is -0.122. The topological polar surface area (TPSA) is 50.4 Å². The van der Waals surface area contributed by atoms with Crippen LogP contribution in [-0.4, -0.2) is 31.8 Å². The van der Waals surface area contributed by atoms with Gasteiger partial charge < -0.3 is 15.4 Å². The van der Waals surface area contributed by atoms with Crippen molar-refractivity contribution < 1.29 is 9.53 Å². The van der Waals surface area contributed by atoms with Crippen LogP contribution in [0, 0.1) is 0 Å². The molecular formula is C9H20N2O2. The number of methoxy groups -OCH3 is 1. The number of nitrogens with one attached hydrogen (secondary N) is 2. The molecule has 78 valence electrons. The fourth-order valence-electron chi connectivity index (χ4n) is 0.803. The van der Waals surface area contributed by atoms with Gasteiger partial charge in [-0.1, -0.05) is 0 Å². The molecule has 0 atom stereocenters. The van der Waals surface area contributed by atoms with Crippen LogP contribution in [0.15, 0.2) is 0 Å². The zero-order valence-corrected chi connectivity index (χ0v) is 8.94. The Balaban J connectivity index is 3.41. The van der Waals surface area contributed by atoms with E-state index < -0.39 is 0 Å². The number of amides is 2. The summed E-state index contributed by atoms with van der Waals surface area (Å²) < 4.78 is 4.85. The molecule has 0 aliphatic heterocycles. The average Bonchev–Trinajstić information content (AvgIpc) is 1.94. The Morgan fingerprint density at radius 2 is 2.00 bits per heavy atom. The highest BCUT2D eigenvalue weighted by molar-refractivity contribution is 5.74. The second-order valence-corrected chi connectivity index (χ2v) is 3.98. The van der Waals surface area contributed by atoms with Crippen molar-refractivity contribution >= 4 is 6.03 Å². The maximum atomic E-state index is 11.2. The van der Waals surface area contributed by atoms with Crippen LogP contribution < -0.4 is 10.6 Å². The van der Waals surface area contributed by atoms with Gasteiger partial charge in [-0.3, -0.25) is 0 Å². The van der Waals surface area contributed by atoms with Gasteiger partial charge in [-0.15, -0.1) is 0 Å². The third-order valence-corrected chi connectivity index (χ3v) is 1.30. The molecule has 0 spiro atoms. The van der Waals surface area contributed by atoms with Gasteiger partial charge in [-0.05, 0) is 27.2 Å². The van der Waals surface area contributed by atoms with Gasteiger partial charge in [-0.25, -0.2) is 4.79 Å². The summed E-state index contributed by atoms with van der Waals surface area (Å²) in [5.41, 5.74) is -0.175. The molecule has 0 aromatic heterocycles. The number of hydrogen-bond acceptors (Lipinski definition) is 2. The number of carbonyl (C=O) groups excluding carboxylic acids is 1. The highest BCUT2D eigenvalue weighted by Gasteiger charge is 2.12. The monoisotopic (exact) mass is 188 g/mol. The van der Waals surface area contributed by atoms with Crippen molar-refractivity contribution in [2.24, 2.45) is 0 Å². The van der Waals surface area contributed by atoms with E-state index in [1.54, 1.807) is 7.11 Å². The molecule has 0 saturated heterocycles. The highest BCUT2D eigenvalue weighted by Crippen LogP contribution is 1.97. The second-order valence-electron chi connectivity index (χ2n) is 3.98. The summed E-state index contributed by atoms with van der Waals surface area (Å²) in [4.78, 5) is 11.2. The molecule has 0 fully saturated rings. The smallest absolute Gasteiger partial charge is 0.315 e. The standard InChI is InChI=1S/C9H20N2O2/c1-9(2,3)11-8(12)10-6-5-7-13-4/h5-7H2,1-4H3,(H2,10,11,12). The summed E-state index contributed by atoms with van der Waals surface area (Å²) in [5.74, 6) is 0. The molecule has 0 saturated carbocycles. The molecule has 4 nitrogen and oxygen atoms in total. The largest absolute Gasteiger partial charge is 0.385 e. The lowest BCUT2D eigenvalue weighted by atomic mass is 10.1. The normalized spacial score (nSPS) is 11.1. The maximum Gasteiger partial charge on any atom is 0.315 e. The zero-order valence-electron chi connectivity index (χ0n) is 8.94. The van der Waals surface area contributed by atoms with E-state index in [-0.39, 0.29) is 11.6 Å². The van der Waals surface area contributed by atoms with Gasteiger partial charge in [0.15, 0.2) is 0 Å². The van der Waals surface area contributed by atoms with Gasteiger partial charge in [0.05, 0.1) is 0 Å². The Labute approximate surface area is 80.0 Å². The van der Waals surface area contributed by atoms with Crippen molar-refractivity contribution in [2.45, 2.75) is 32.7 Å². The molecule has 0 aliphatic carbocycles. The highest BCUT2D eigenvalue weighted by atomic mass is 16.5. The Hall–Kier alpha value is -0.770. The minimum Gasteiger partial charge on any atom is -0.385 e. The minimum atomic E-state index is -0.175.